The van der Waals surface area contributed by atoms with Crippen LogP contribution in [0.5, 0.6) is 11.5 Å². The summed E-state index contributed by atoms with van der Waals surface area (Å²) in [6.07, 6.45) is 4.01. The molecular formula is C22H23BrN2O3. The van der Waals surface area contributed by atoms with Crippen LogP contribution in [-0.2, 0) is 11.2 Å². The number of piperidine rings is 1. The predicted octanol–water partition coefficient (Wildman–Crippen LogP) is 4.96. The number of carbonyl (C=O) groups is 1. The second-order valence-corrected chi connectivity index (χ2v) is 7.90. The van der Waals surface area contributed by atoms with Crippen LogP contribution in [0.3, 0.4) is 0 Å². The van der Waals surface area contributed by atoms with E-state index in [1.807, 2.05) is 23.1 Å². The van der Waals surface area contributed by atoms with Gasteiger partial charge in [0.1, 0.15) is 11.5 Å². The fourth-order valence-electron chi connectivity index (χ4n) is 3.46. The van der Waals surface area contributed by atoms with Gasteiger partial charge < -0.3 is 14.7 Å². The summed E-state index contributed by atoms with van der Waals surface area (Å²) in [7, 11) is 0. The van der Waals surface area contributed by atoms with E-state index >= 15 is 0 Å². The molecule has 2 aromatic rings. The summed E-state index contributed by atoms with van der Waals surface area (Å²) >= 11 is 3.37. The molecule has 0 spiro atoms. The van der Waals surface area contributed by atoms with Crippen molar-refractivity contribution >= 4 is 27.5 Å². The fraction of sp³-hybridized carbons (Fsp3) is 0.364. The van der Waals surface area contributed by atoms with Gasteiger partial charge in [0, 0.05) is 17.6 Å². The highest BCUT2D eigenvalue weighted by atomic mass is 79.9. The van der Waals surface area contributed by atoms with E-state index in [2.05, 4.69) is 20.8 Å². The Hall–Kier alpha value is -2.52. The number of aryl methyl sites for hydroxylation is 1. The molecule has 0 atom stereocenters. The lowest BCUT2D eigenvalue weighted by Crippen LogP contribution is -2.41. The van der Waals surface area contributed by atoms with Gasteiger partial charge in [-0.25, -0.2) is 4.85 Å². The Morgan fingerprint density at radius 3 is 2.71 bits per heavy atom. The second-order valence-electron chi connectivity index (χ2n) is 7.05. The first-order valence-electron chi connectivity index (χ1n) is 9.40. The van der Waals surface area contributed by atoms with Gasteiger partial charge in [-0.2, -0.15) is 0 Å². The molecule has 1 saturated heterocycles. The number of aromatic hydroxyl groups is 1. The number of amides is 1. The van der Waals surface area contributed by atoms with E-state index in [4.69, 9.17) is 11.3 Å². The molecule has 0 aliphatic carbocycles. The van der Waals surface area contributed by atoms with Crippen LogP contribution in [0.1, 0.15) is 24.8 Å². The normalized spacial score (nSPS) is 14.5. The number of hydrogen-bond donors (Lipinski definition) is 1. The fourth-order valence-corrected chi connectivity index (χ4v) is 3.94. The van der Waals surface area contributed by atoms with E-state index < -0.39 is 0 Å². The van der Waals surface area contributed by atoms with Crippen LogP contribution in [0.2, 0.25) is 0 Å². The van der Waals surface area contributed by atoms with Crippen molar-refractivity contribution in [1.82, 2.24) is 4.90 Å². The van der Waals surface area contributed by atoms with E-state index in [9.17, 15) is 9.90 Å². The molecule has 28 heavy (non-hydrogen) atoms. The van der Waals surface area contributed by atoms with Crippen molar-refractivity contribution in [1.29, 1.82) is 0 Å². The van der Waals surface area contributed by atoms with Gasteiger partial charge in [0.2, 0.25) is 0 Å². The zero-order chi connectivity index (χ0) is 19.9. The number of ether oxygens (including phenoxy) is 1. The number of rotatable bonds is 6. The molecular weight excluding hydrogens is 420 g/mol. The quantitative estimate of drug-likeness (QED) is 0.643. The number of phenolic OH excluding ortho intramolecular Hbond substituents is 1. The number of nitrogens with zero attached hydrogens (tertiary/aromatic N) is 2. The molecule has 0 unspecified atom stereocenters. The first-order chi connectivity index (χ1) is 13.5. The molecule has 1 amide bonds. The van der Waals surface area contributed by atoms with Crippen molar-refractivity contribution in [2.45, 2.75) is 25.7 Å². The van der Waals surface area contributed by atoms with Gasteiger partial charge in [-0.3, -0.25) is 4.79 Å². The average Bonchev–Trinajstić information content (AvgIpc) is 2.71. The van der Waals surface area contributed by atoms with Crippen molar-refractivity contribution in [3.8, 4) is 11.5 Å². The van der Waals surface area contributed by atoms with Crippen LogP contribution in [0.4, 0.5) is 5.69 Å². The monoisotopic (exact) mass is 442 g/mol. The topological polar surface area (TPSA) is 54.1 Å². The molecule has 3 rings (SSSR count). The Bertz CT molecular complexity index is 870. The number of halogens is 1. The predicted molar refractivity (Wildman–Crippen MR) is 112 cm³/mol. The molecule has 0 aromatic heterocycles. The minimum absolute atomic E-state index is 0.00389. The molecule has 2 aromatic carbocycles. The number of likely N-dealkylation sites (tertiary alicyclic amines) is 1. The SMILES string of the molecule is [C-]#[N+]c1ccc(OCC(=O)N2CCC(CCc3cccc(O)c3)CC2)c(Br)c1. The van der Waals surface area contributed by atoms with Crippen molar-refractivity contribution in [2.75, 3.05) is 19.7 Å². The summed E-state index contributed by atoms with van der Waals surface area (Å²) in [5.74, 6) is 1.48. The van der Waals surface area contributed by atoms with Gasteiger partial charge in [-0.1, -0.05) is 18.2 Å². The molecule has 1 aliphatic rings. The Balaban J connectivity index is 1.42. The highest BCUT2D eigenvalue weighted by Gasteiger charge is 2.23. The zero-order valence-electron chi connectivity index (χ0n) is 15.6. The second kappa shape index (κ2) is 9.61. The van der Waals surface area contributed by atoms with E-state index in [1.54, 1.807) is 24.3 Å². The van der Waals surface area contributed by atoms with E-state index in [0.717, 1.165) is 44.3 Å². The van der Waals surface area contributed by atoms with Gasteiger partial charge >= 0.3 is 0 Å². The zero-order valence-corrected chi connectivity index (χ0v) is 17.2. The number of benzene rings is 2. The highest BCUT2D eigenvalue weighted by molar-refractivity contribution is 9.10. The summed E-state index contributed by atoms with van der Waals surface area (Å²) in [5.41, 5.74) is 1.68. The molecule has 0 saturated carbocycles. The Kier molecular flexibility index (Phi) is 6.94. The highest BCUT2D eigenvalue weighted by Crippen LogP contribution is 2.29. The maximum Gasteiger partial charge on any atom is 0.260 e. The molecule has 146 valence electrons. The van der Waals surface area contributed by atoms with Gasteiger partial charge in [-0.15, -0.1) is 0 Å². The van der Waals surface area contributed by atoms with Gasteiger partial charge in [0.05, 0.1) is 6.57 Å². The lowest BCUT2D eigenvalue weighted by molar-refractivity contribution is -0.134. The third-order valence-electron chi connectivity index (χ3n) is 5.11. The summed E-state index contributed by atoms with van der Waals surface area (Å²) in [6.45, 7) is 8.52. The number of carbonyl (C=O) groups excluding carboxylic acids is 1. The van der Waals surface area contributed by atoms with Gasteiger partial charge in [-0.05, 0) is 77.4 Å². The van der Waals surface area contributed by atoms with Crippen molar-refractivity contribution in [2.24, 2.45) is 5.92 Å². The molecule has 5 nitrogen and oxygen atoms in total. The molecule has 0 radical (unpaired) electrons. The van der Waals surface area contributed by atoms with Crippen LogP contribution < -0.4 is 4.74 Å². The molecule has 1 fully saturated rings. The van der Waals surface area contributed by atoms with Crippen molar-refractivity contribution in [3.05, 3.63) is 63.9 Å². The lowest BCUT2D eigenvalue weighted by atomic mass is 9.90. The maximum absolute atomic E-state index is 12.4. The molecule has 6 heteroatoms. The van der Waals surface area contributed by atoms with Gasteiger partial charge in [0.15, 0.2) is 12.3 Å². The molecule has 0 bridgehead atoms. The van der Waals surface area contributed by atoms with Crippen LogP contribution in [0.25, 0.3) is 4.85 Å². The summed E-state index contributed by atoms with van der Waals surface area (Å²) in [4.78, 5) is 17.7. The minimum Gasteiger partial charge on any atom is -0.508 e. The standard InChI is InChI=1S/C22H23BrN2O3/c1-24-18-7-8-21(20(23)14-18)28-15-22(27)25-11-9-16(10-12-25)5-6-17-3-2-4-19(26)13-17/h2-4,7-8,13-14,16,26H,5-6,9-12,15H2. The Labute approximate surface area is 173 Å². The third kappa shape index (κ3) is 5.49. The molecule has 1 N–H and O–H groups in total. The summed E-state index contributed by atoms with van der Waals surface area (Å²) < 4.78 is 6.31. The number of phenols is 1. The first kappa shape index (κ1) is 20.2. The largest absolute Gasteiger partial charge is 0.508 e. The maximum atomic E-state index is 12.4. The molecule has 1 heterocycles. The van der Waals surface area contributed by atoms with Crippen LogP contribution in [-0.4, -0.2) is 35.6 Å². The number of hydrogen-bond acceptors (Lipinski definition) is 3. The van der Waals surface area contributed by atoms with Crippen LogP contribution in [0.15, 0.2) is 46.9 Å². The average molecular weight is 443 g/mol. The van der Waals surface area contributed by atoms with Crippen LogP contribution in [0, 0.1) is 12.5 Å². The third-order valence-corrected chi connectivity index (χ3v) is 5.73. The van der Waals surface area contributed by atoms with Gasteiger partial charge in [0.25, 0.3) is 5.91 Å². The van der Waals surface area contributed by atoms with E-state index in [-0.39, 0.29) is 12.5 Å². The Morgan fingerprint density at radius 1 is 1.25 bits per heavy atom. The molecule has 1 aliphatic heterocycles. The summed E-state index contributed by atoms with van der Waals surface area (Å²) in [5, 5.41) is 9.55. The van der Waals surface area contributed by atoms with Crippen molar-refractivity contribution < 1.29 is 14.6 Å². The summed E-state index contributed by atoms with van der Waals surface area (Å²) in [6, 6.07) is 12.5. The lowest BCUT2D eigenvalue weighted by Gasteiger charge is -2.32. The van der Waals surface area contributed by atoms with E-state index in [0.29, 0.717) is 27.6 Å². The van der Waals surface area contributed by atoms with Crippen molar-refractivity contribution in [3.63, 3.8) is 0 Å². The Morgan fingerprint density at radius 2 is 2.04 bits per heavy atom. The first-order valence-corrected chi connectivity index (χ1v) is 10.2. The van der Waals surface area contributed by atoms with Crippen LogP contribution >= 0.6 is 15.9 Å². The minimum atomic E-state index is -0.00686. The smallest absolute Gasteiger partial charge is 0.260 e. The van der Waals surface area contributed by atoms with E-state index in [1.165, 1.54) is 0 Å².